The summed E-state index contributed by atoms with van der Waals surface area (Å²) >= 11 is 3.53. The van der Waals surface area contributed by atoms with Crippen molar-refractivity contribution in [2.24, 2.45) is 0 Å². The van der Waals surface area contributed by atoms with Gasteiger partial charge in [0.25, 0.3) is 0 Å². The van der Waals surface area contributed by atoms with Crippen LogP contribution in [0.15, 0.2) is 54.9 Å². The molecular weight excluding hydrogens is 276 g/mol. The molecule has 17 heavy (non-hydrogen) atoms. The summed E-state index contributed by atoms with van der Waals surface area (Å²) in [7, 11) is 0. The van der Waals surface area contributed by atoms with Crippen molar-refractivity contribution >= 4 is 26.7 Å². The van der Waals surface area contributed by atoms with Crippen LogP contribution >= 0.6 is 15.9 Å². The summed E-state index contributed by atoms with van der Waals surface area (Å²) in [6, 6.07) is 14.6. The van der Waals surface area contributed by atoms with Gasteiger partial charge in [-0.3, -0.25) is 0 Å². The number of hydrogen-bond donors (Lipinski definition) is 0. The van der Waals surface area contributed by atoms with E-state index in [1.54, 1.807) is 6.20 Å². The predicted octanol–water partition coefficient (Wildman–Crippen LogP) is 3.92. The van der Waals surface area contributed by atoms with Crippen LogP contribution in [-0.2, 0) is 5.33 Å². The molecule has 0 amide bonds. The first-order valence-electron chi connectivity index (χ1n) is 5.47. The lowest BCUT2D eigenvalue weighted by Gasteiger charge is -2.09. The van der Waals surface area contributed by atoms with Crippen molar-refractivity contribution in [2.75, 3.05) is 0 Å². The van der Waals surface area contributed by atoms with E-state index in [1.807, 2.05) is 16.9 Å². The Bertz CT molecular complexity index is 644. The molecule has 3 rings (SSSR count). The van der Waals surface area contributed by atoms with Crippen molar-refractivity contribution in [1.82, 2.24) is 9.78 Å². The first-order chi connectivity index (χ1) is 8.40. The van der Waals surface area contributed by atoms with Crippen molar-refractivity contribution in [3.05, 3.63) is 60.4 Å². The van der Waals surface area contributed by atoms with Crippen LogP contribution in [0.3, 0.4) is 0 Å². The summed E-state index contributed by atoms with van der Waals surface area (Å²) in [6.45, 7) is 0. The minimum absolute atomic E-state index is 0.868. The van der Waals surface area contributed by atoms with Gasteiger partial charge in [0.2, 0.25) is 0 Å². The fourth-order valence-corrected chi connectivity index (χ4v) is 2.58. The Morgan fingerprint density at radius 3 is 2.59 bits per heavy atom. The Hall–Kier alpha value is -1.61. The van der Waals surface area contributed by atoms with Gasteiger partial charge in [0, 0.05) is 23.1 Å². The van der Waals surface area contributed by atoms with Gasteiger partial charge in [0.05, 0.1) is 5.69 Å². The first kappa shape index (κ1) is 10.5. The second kappa shape index (κ2) is 4.34. The maximum absolute atomic E-state index is 4.30. The number of fused-ring (bicyclic) bond motifs is 1. The Morgan fingerprint density at radius 1 is 1.00 bits per heavy atom. The number of aromatic nitrogens is 2. The highest BCUT2D eigenvalue weighted by atomic mass is 79.9. The third-order valence-electron chi connectivity index (χ3n) is 2.88. The highest BCUT2D eigenvalue weighted by Gasteiger charge is 2.05. The normalized spacial score (nSPS) is 10.9. The van der Waals surface area contributed by atoms with Gasteiger partial charge >= 0.3 is 0 Å². The van der Waals surface area contributed by atoms with Gasteiger partial charge in [-0.2, -0.15) is 5.10 Å². The van der Waals surface area contributed by atoms with Crippen LogP contribution < -0.4 is 0 Å². The van der Waals surface area contributed by atoms with Crippen LogP contribution in [0.25, 0.3) is 16.5 Å². The summed E-state index contributed by atoms with van der Waals surface area (Å²) < 4.78 is 1.90. The number of alkyl halides is 1. The summed E-state index contributed by atoms with van der Waals surface area (Å²) in [5.74, 6) is 0. The molecular formula is C14H11BrN2. The molecule has 2 nitrogen and oxygen atoms in total. The molecule has 0 aliphatic carbocycles. The van der Waals surface area contributed by atoms with Gasteiger partial charge in [-0.15, -0.1) is 0 Å². The zero-order valence-corrected chi connectivity index (χ0v) is 10.8. The molecule has 3 aromatic rings. The van der Waals surface area contributed by atoms with Gasteiger partial charge in [-0.25, -0.2) is 4.68 Å². The Balaban J connectivity index is 2.34. The average Bonchev–Trinajstić information content (AvgIpc) is 2.91. The maximum Gasteiger partial charge on any atom is 0.0723 e. The minimum atomic E-state index is 0.868. The molecule has 0 radical (unpaired) electrons. The topological polar surface area (TPSA) is 17.8 Å². The molecule has 1 heterocycles. The van der Waals surface area contributed by atoms with Crippen molar-refractivity contribution in [1.29, 1.82) is 0 Å². The third-order valence-corrected chi connectivity index (χ3v) is 3.49. The van der Waals surface area contributed by atoms with Crippen molar-refractivity contribution in [3.8, 4) is 5.69 Å². The molecule has 0 atom stereocenters. The molecule has 0 fully saturated rings. The van der Waals surface area contributed by atoms with Gasteiger partial charge in [0.1, 0.15) is 0 Å². The molecule has 0 unspecified atom stereocenters. The van der Waals surface area contributed by atoms with Crippen LogP contribution in [0.4, 0.5) is 0 Å². The molecule has 0 N–H and O–H groups in total. The van der Waals surface area contributed by atoms with E-state index in [0.29, 0.717) is 0 Å². The second-order valence-electron chi connectivity index (χ2n) is 3.87. The van der Waals surface area contributed by atoms with Crippen molar-refractivity contribution < 1.29 is 0 Å². The Labute approximate surface area is 108 Å². The monoisotopic (exact) mass is 286 g/mol. The smallest absolute Gasteiger partial charge is 0.0723 e. The standard InChI is InChI=1S/C14H11BrN2/c15-10-11-4-1-6-13-12(11)5-2-7-14(13)17-9-3-8-16-17/h1-9H,10H2. The molecule has 0 bridgehead atoms. The number of nitrogens with zero attached hydrogens (tertiary/aromatic N) is 2. The molecule has 0 spiro atoms. The van der Waals surface area contributed by atoms with E-state index < -0.39 is 0 Å². The second-order valence-corrected chi connectivity index (χ2v) is 4.43. The van der Waals surface area contributed by atoms with Crippen LogP contribution in [0.5, 0.6) is 0 Å². The number of hydrogen-bond acceptors (Lipinski definition) is 1. The third kappa shape index (κ3) is 1.76. The number of benzene rings is 2. The number of rotatable bonds is 2. The predicted molar refractivity (Wildman–Crippen MR) is 73.7 cm³/mol. The van der Waals surface area contributed by atoms with Crippen molar-refractivity contribution in [2.45, 2.75) is 5.33 Å². The lowest BCUT2D eigenvalue weighted by Crippen LogP contribution is -1.95. The van der Waals surface area contributed by atoms with Gasteiger partial charge in [-0.1, -0.05) is 46.3 Å². The molecule has 84 valence electrons. The molecule has 3 heteroatoms. The van der Waals surface area contributed by atoms with E-state index >= 15 is 0 Å². The highest BCUT2D eigenvalue weighted by Crippen LogP contribution is 2.25. The van der Waals surface area contributed by atoms with Gasteiger partial charge in [0.15, 0.2) is 0 Å². The zero-order valence-electron chi connectivity index (χ0n) is 9.18. The Morgan fingerprint density at radius 2 is 1.82 bits per heavy atom. The van der Waals surface area contributed by atoms with Gasteiger partial charge < -0.3 is 0 Å². The zero-order chi connectivity index (χ0) is 11.7. The molecule has 1 aromatic heterocycles. The van der Waals surface area contributed by atoms with Gasteiger partial charge in [-0.05, 0) is 23.1 Å². The van der Waals surface area contributed by atoms with E-state index in [1.165, 1.54) is 16.3 Å². The molecule has 0 saturated heterocycles. The van der Waals surface area contributed by atoms with E-state index in [0.717, 1.165) is 11.0 Å². The maximum atomic E-state index is 4.30. The van der Waals surface area contributed by atoms with E-state index in [2.05, 4.69) is 57.4 Å². The molecule has 0 aliphatic rings. The quantitative estimate of drug-likeness (QED) is 0.653. The van der Waals surface area contributed by atoms with Crippen LogP contribution in [0.2, 0.25) is 0 Å². The largest absolute Gasteiger partial charge is 0.240 e. The molecule has 0 aliphatic heterocycles. The van der Waals surface area contributed by atoms with E-state index in [-0.39, 0.29) is 0 Å². The highest BCUT2D eigenvalue weighted by molar-refractivity contribution is 9.08. The van der Waals surface area contributed by atoms with Crippen LogP contribution in [-0.4, -0.2) is 9.78 Å². The van der Waals surface area contributed by atoms with Crippen molar-refractivity contribution in [3.63, 3.8) is 0 Å². The van der Waals surface area contributed by atoms with Crippen LogP contribution in [0.1, 0.15) is 5.56 Å². The molecule has 0 saturated carbocycles. The number of halogens is 1. The molecule has 2 aromatic carbocycles. The lowest BCUT2D eigenvalue weighted by atomic mass is 10.0. The average molecular weight is 287 g/mol. The first-order valence-corrected chi connectivity index (χ1v) is 6.59. The van der Waals surface area contributed by atoms with Crippen LogP contribution in [0, 0.1) is 0 Å². The minimum Gasteiger partial charge on any atom is -0.240 e. The summed E-state index contributed by atoms with van der Waals surface area (Å²) in [6.07, 6.45) is 3.77. The fourth-order valence-electron chi connectivity index (χ4n) is 2.09. The SMILES string of the molecule is BrCc1cccc2c(-n3cccn3)cccc12. The summed E-state index contributed by atoms with van der Waals surface area (Å²) in [4.78, 5) is 0. The summed E-state index contributed by atoms with van der Waals surface area (Å²) in [5.41, 5.74) is 2.42. The summed E-state index contributed by atoms with van der Waals surface area (Å²) in [5, 5.41) is 7.67. The lowest BCUT2D eigenvalue weighted by molar-refractivity contribution is 0.888. The fraction of sp³-hybridized carbons (Fsp3) is 0.0714. The Kier molecular flexibility index (Phi) is 2.69. The van der Waals surface area contributed by atoms with E-state index in [9.17, 15) is 0 Å². The van der Waals surface area contributed by atoms with E-state index in [4.69, 9.17) is 0 Å².